The zero-order chi connectivity index (χ0) is 16.4. The van der Waals surface area contributed by atoms with Crippen molar-refractivity contribution in [3.63, 3.8) is 0 Å². The van der Waals surface area contributed by atoms with Crippen molar-refractivity contribution in [2.24, 2.45) is 11.8 Å². The summed E-state index contributed by atoms with van der Waals surface area (Å²) in [4.78, 5) is 25.8. The first kappa shape index (κ1) is 16.0. The SMILES string of the molecule is CCc1ccc(CCC(=O)N2CC3CCCC3C2C(=O)O)cc1. The molecule has 3 atom stereocenters. The van der Waals surface area contributed by atoms with E-state index in [2.05, 4.69) is 31.2 Å². The molecule has 2 fully saturated rings. The molecule has 1 saturated carbocycles. The average molecular weight is 315 g/mol. The van der Waals surface area contributed by atoms with Crippen molar-refractivity contribution < 1.29 is 14.7 Å². The smallest absolute Gasteiger partial charge is 0.326 e. The maximum Gasteiger partial charge on any atom is 0.326 e. The molecule has 1 N–H and O–H groups in total. The van der Waals surface area contributed by atoms with Gasteiger partial charge in [0, 0.05) is 13.0 Å². The largest absolute Gasteiger partial charge is 0.480 e. The number of carbonyl (C=O) groups is 2. The molecule has 4 nitrogen and oxygen atoms in total. The second kappa shape index (κ2) is 6.73. The van der Waals surface area contributed by atoms with Gasteiger partial charge in [-0.15, -0.1) is 0 Å². The lowest BCUT2D eigenvalue weighted by Crippen LogP contribution is -2.43. The third kappa shape index (κ3) is 3.26. The number of benzene rings is 1. The summed E-state index contributed by atoms with van der Waals surface area (Å²) >= 11 is 0. The van der Waals surface area contributed by atoms with E-state index in [1.165, 1.54) is 5.56 Å². The molecule has 1 heterocycles. The van der Waals surface area contributed by atoms with Gasteiger partial charge < -0.3 is 10.0 Å². The summed E-state index contributed by atoms with van der Waals surface area (Å²) in [6.07, 6.45) is 5.21. The number of aliphatic carboxylic acids is 1. The highest BCUT2D eigenvalue weighted by molar-refractivity contribution is 5.85. The van der Waals surface area contributed by atoms with Crippen LogP contribution in [0.15, 0.2) is 24.3 Å². The molecule has 0 bridgehead atoms. The second-order valence-corrected chi connectivity index (χ2v) is 6.85. The van der Waals surface area contributed by atoms with Gasteiger partial charge in [-0.3, -0.25) is 4.79 Å². The summed E-state index contributed by atoms with van der Waals surface area (Å²) in [5.74, 6) is -0.282. The molecule has 1 amide bonds. The lowest BCUT2D eigenvalue weighted by Gasteiger charge is -2.24. The molecule has 1 aliphatic carbocycles. The molecule has 1 aromatic rings. The summed E-state index contributed by atoms with van der Waals surface area (Å²) in [6, 6.07) is 7.73. The number of rotatable bonds is 5. The van der Waals surface area contributed by atoms with Crippen LogP contribution < -0.4 is 0 Å². The molecule has 3 unspecified atom stereocenters. The fourth-order valence-electron chi connectivity index (χ4n) is 4.22. The molecule has 3 rings (SSSR count). The Morgan fingerprint density at radius 2 is 1.87 bits per heavy atom. The van der Waals surface area contributed by atoms with E-state index in [1.807, 2.05) is 0 Å². The predicted molar refractivity (Wildman–Crippen MR) is 88.1 cm³/mol. The number of likely N-dealkylation sites (tertiary alicyclic amines) is 1. The van der Waals surface area contributed by atoms with Crippen molar-refractivity contribution in [2.45, 2.75) is 51.5 Å². The Bertz CT molecular complexity index is 581. The summed E-state index contributed by atoms with van der Waals surface area (Å²) in [6.45, 7) is 2.75. The van der Waals surface area contributed by atoms with Crippen molar-refractivity contribution in [2.75, 3.05) is 6.54 Å². The zero-order valence-electron chi connectivity index (χ0n) is 13.7. The fraction of sp³-hybridized carbons (Fsp3) is 0.579. The van der Waals surface area contributed by atoms with Gasteiger partial charge in [0.2, 0.25) is 5.91 Å². The molecule has 4 heteroatoms. The second-order valence-electron chi connectivity index (χ2n) is 6.85. The minimum absolute atomic E-state index is 0.00799. The number of fused-ring (bicyclic) bond motifs is 1. The lowest BCUT2D eigenvalue weighted by atomic mass is 9.94. The van der Waals surface area contributed by atoms with Crippen molar-refractivity contribution >= 4 is 11.9 Å². The normalized spacial score (nSPS) is 26.3. The molecule has 124 valence electrons. The quantitative estimate of drug-likeness (QED) is 0.909. The van der Waals surface area contributed by atoms with E-state index in [0.29, 0.717) is 25.3 Å². The van der Waals surface area contributed by atoms with Gasteiger partial charge in [-0.1, -0.05) is 37.6 Å². The van der Waals surface area contributed by atoms with Crippen LogP contribution in [0.25, 0.3) is 0 Å². The van der Waals surface area contributed by atoms with Crippen LogP contribution in [-0.2, 0) is 22.4 Å². The van der Waals surface area contributed by atoms with Crippen molar-refractivity contribution in [1.82, 2.24) is 4.90 Å². The molecule has 0 aromatic heterocycles. The maximum atomic E-state index is 12.6. The van der Waals surface area contributed by atoms with Crippen molar-refractivity contribution in [3.05, 3.63) is 35.4 Å². The third-order valence-corrected chi connectivity index (χ3v) is 5.52. The molecular formula is C19H25NO3. The highest BCUT2D eigenvalue weighted by Gasteiger charge is 2.49. The van der Waals surface area contributed by atoms with E-state index in [1.54, 1.807) is 4.90 Å². The van der Waals surface area contributed by atoms with Gasteiger partial charge in [0.05, 0.1) is 0 Å². The van der Waals surface area contributed by atoms with Crippen LogP contribution in [0.3, 0.4) is 0 Å². The minimum atomic E-state index is -0.833. The van der Waals surface area contributed by atoms with Crippen molar-refractivity contribution in [3.8, 4) is 0 Å². The number of hydrogen-bond donors (Lipinski definition) is 1. The monoisotopic (exact) mass is 315 g/mol. The number of hydrogen-bond acceptors (Lipinski definition) is 2. The van der Waals surface area contributed by atoms with E-state index in [-0.39, 0.29) is 11.8 Å². The molecule has 2 aliphatic rings. The Balaban J connectivity index is 1.61. The first-order valence-electron chi connectivity index (χ1n) is 8.70. The fourth-order valence-corrected chi connectivity index (χ4v) is 4.22. The zero-order valence-corrected chi connectivity index (χ0v) is 13.7. The molecule has 0 radical (unpaired) electrons. The molecule has 1 aromatic carbocycles. The Morgan fingerprint density at radius 1 is 1.17 bits per heavy atom. The molecule has 23 heavy (non-hydrogen) atoms. The van der Waals surface area contributed by atoms with Crippen LogP contribution in [0, 0.1) is 11.8 Å². The predicted octanol–water partition coefficient (Wildman–Crippen LogP) is 2.89. The molecule has 1 saturated heterocycles. The summed E-state index contributed by atoms with van der Waals surface area (Å²) in [5.41, 5.74) is 2.43. The number of amides is 1. The van der Waals surface area contributed by atoms with Gasteiger partial charge in [0.1, 0.15) is 6.04 Å². The number of carboxylic acid groups (broad SMARTS) is 1. The highest BCUT2D eigenvalue weighted by Crippen LogP contribution is 2.42. The summed E-state index contributed by atoms with van der Waals surface area (Å²) in [7, 11) is 0. The first-order chi connectivity index (χ1) is 11.1. The van der Waals surface area contributed by atoms with Crippen LogP contribution in [0.1, 0.15) is 43.7 Å². The number of carboxylic acids is 1. The van der Waals surface area contributed by atoms with Gasteiger partial charge in [-0.05, 0) is 48.6 Å². The van der Waals surface area contributed by atoms with Crippen LogP contribution >= 0.6 is 0 Å². The Labute approximate surface area is 137 Å². The Hall–Kier alpha value is -1.84. The number of nitrogens with zero attached hydrogens (tertiary/aromatic N) is 1. The highest BCUT2D eigenvalue weighted by atomic mass is 16.4. The average Bonchev–Trinajstić information content (AvgIpc) is 3.13. The van der Waals surface area contributed by atoms with Gasteiger partial charge in [-0.2, -0.15) is 0 Å². The van der Waals surface area contributed by atoms with E-state index in [4.69, 9.17) is 0 Å². The third-order valence-electron chi connectivity index (χ3n) is 5.52. The van der Waals surface area contributed by atoms with Crippen LogP contribution in [0.5, 0.6) is 0 Å². The lowest BCUT2D eigenvalue weighted by molar-refractivity contribution is -0.149. The first-order valence-corrected chi connectivity index (χ1v) is 8.70. The van der Waals surface area contributed by atoms with E-state index in [0.717, 1.165) is 31.2 Å². The number of carbonyl (C=O) groups excluding carboxylic acids is 1. The molecule has 1 aliphatic heterocycles. The Kier molecular flexibility index (Phi) is 4.69. The van der Waals surface area contributed by atoms with E-state index >= 15 is 0 Å². The van der Waals surface area contributed by atoms with Gasteiger partial charge in [0.15, 0.2) is 0 Å². The molecular weight excluding hydrogens is 290 g/mol. The maximum absolute atomic E-state index is 12.6. The van der Waals surface area contributed by atoms with Gasteiger partial charge in [0.25, 0.3) is 0 Å². The minimum Gasteiger partial charge on any atom is -0.480 e. The van der Waals surface area contributed by atoms with Crippen molar-refractivity contribution in [1.29, 1.82) is 0 Å². The summed E-state index contributed by atoms with van der Waals surface area (Å²) < 4.78 is 0. The van der Waals surface area contributed by atoms with Crippen LogP contribution in [0.4, 0.5) is 0 Å². The van der Waals surface area contributed by atoms with Crippen LogP contribution in [0.2, 0.25) is 0 Å². The van der Waals surface area contributed by atoms with E-state index < -0.39 is 12.0 Å². The number of aryl methyl sites for hydroxylation is 2. The topological polar surface area (TPSA) is 57.6 Å². The summed E-state index contributed by atoms with van der Waals surface area (Å²) in [5, 5.41) is 9.53. The molecule has 0 spiro atoms. The van der Waals surface area contributed by atoms with Gasteiger partial charge in [-0.25, -0.2) is 4.79 Å². The Morgan fingerprint density at radius 3 is 2.52 bits per heavy atom. The van der Waals surface area contributed by atoms with Crippen LogP contribution in [-0.4, -0.2) is 34.5 Å². The van der Waals surface area contributed by atoms with Gasteiger partial charge >= 0.3 is 5.97 Å². The van der Waals surface area contributed by atoms with E-state index in [9.17, 15) is 14.7 Å². The standard InChI is InChI=1S/C19H25NO3/c1-2-13-6-8-14(9-7-13)10-11-17(21)20-12-15-4-3-5-16(15)18(20)19(22)23/h6-9,15-16,18H,2-5,10-12H2,1H3,(H,22,23).